The number of esters is 4. The molecule has 0 aromatic rings. The fourth-order valence-corrected chi connectivity index (χ4v) is 1.96. The summed E-state index contributed by atoms with van der Waals surface area (Å²) in [5, 5.41) is 10.4. The number of methoxy groups -OCH3 is 3. The zero-order valence-electron chi connectivity index (χ0n) is 12.3. The molecule has 0 amide bonds. The van der Waals surface area contributed by atoms with Crippen molar-refractivity contribution in [2.24, 2.45) is 0 Å². The third-order valence-corrected chi connectivity index (χ3v) is 3.05. The summed E-state index contributed by atoms with van der Waals surface area (Å²) in [7, 11) is 3.20. The second-order valence-electron chi connectivity index (χ2n) is 4.35. The maximum absolute atomic E-state index is 11.7. The van der Waals surface area contributed by atoms with Crippen LogP contribution in [-0.2, 0) is 38.1 Å². The number of cyclic esters (lactones) is 1. The Morgan fingerprint density at radius 2 is 1.68 bits per heavy atom. The zero-order chi connectivity index (χ0) is 16.9. The number of rotatable bonds is 5. The highest BCUT2D eigenvalue weighted by Gasteiger charge is 2.48. The molecular weight excluding hydrogens is 300 g/mol. The van der Waals surface area contributed by atoms with Crippen LogP contribution in [0.25, 0.3) is 0 Å². The topological polar surface area (TPSA) is 125 Å². The van der Waals surface area contributed by atoms with Crippen LogP contribution in [0.2, 0.25) is 0 Å². The average molecular weight is 316 g/mol. The van der Waals surface area contributed by atoms with Crippen LogP contribution in [0.4, 0.5) is 0 Å². The predicted molar refractivity (Wildman–Crippen MR) is 68.0 cm³/mol. The van der Waals surface area contributed by atoms with Gasteiger partial charge in [-0.2, -0.15) is 0 Å². The molecule has 1 unspecified atom stereocenters. The minimum absolute atomic E-state index is 0.292. The first-order valence-corrected chi connectivity index (χ1v) is 6.20. The Hall–Kier alpha value is -2.42. The van der Waals surface area contributed by atoms with Crippen LogP contribution in [0.5, 0.6) is 0 Å². The Morgan fingerprint density at radius 1 is 1.14 bits per heavy atom. The SMILES string of the molecule is COC(=O)CCC1(O)OC(=O)CC1=C(C(=O)OC)C(=O)OC. The van der Waals surface area contributed by atoms with Gasteiger partial charge < -0.3 is 24.1 Å². The van der Waals surface area contributed by atoms with E-state index in [1.165, 1.54) is 0 Å². The van der Waals surface area contributed by atoms with Gasteiger partial charge in [-0.15, -0.1) is 0 Å². The molecule has 1 heterocycles. The summed E-state index contributed by atoms with van der Waals surface area (Å²) in [5.74, 6) is -5.96. The van der Waals surface area contributed by atoms with Gasteiger partial charge in [-0.1, -0.05) is 0 Å². The second-order valence-corrected chi connectivity index (χ2v) is 4.35. The van der Waals surface area contributed by atoms with Crippen molar-refractivity contribution in [3.8, 4) is 0 Å². The number of carbonyl (C=O) groups excluding carboxylic acids is 4. The van der Waals surface area contributed by atoms with Gasteiger partial charge in [0.05, 0.1) is 34.2 Å². The Morgan fingerprint density at radius 3 is 2.14 bits per heavy atom. The highest BCUT2D eigenvalue weighted by molar-refractivity contribution is 6.15. The van der Waals surface area contributed by atoms with E-state index in [-0.39, 0.29) is 18.4 Å². The van der Waals surface area contributed by atoms with Crippen molar-refractivity contribution in [3.05, 3.63) is 11.1 Å². The van der Waals surface area contributed by atoms with E-state index < -0.39 is 41.7 Å². The molecule has 0 saturated carbocycles. The largest absolute Gasteiger partial charge is 0.469 e. The van der Waals surface area contributed by atoms with Gasteiger partial charge >= 0.3 is 23.9 Å². The lowest BCUT2D eigenvalue weighted by Crippen LogP contribution is -2.34. The molecule has 0 aromatic carbocycles. The van der Waals surface area contributed by atoms with Gasteiger partial charge in [0.2, 0.25) is 5.79 Å². The minimum Gasteiger partial charge on any atom is -0.469 e. The van der Waals surface area contributed by atoms with Gasteiger partial charge in [0, 0.05) is 12.0 Å². The van der Waals surface area contributed by atoms with Crippen molar-refractivity contribution < 1.29 is 43.2 Å². The van der Waals surface area contributed by atoms with E-state index in [0.29, 0.717) is 0 Å². The molecule has 1 atom stereocenters. The Kier molecular flexibility index (Phi) is 5.63. The molecule has 1 rings (SSSR count). The van der Waals surface area contributed by atoms with Gasteiger partial charge in [-0.25, -0.2) is 9.59 Å². The molecule has 0 spiro atoms. The van der Waals surface area contributed by atoms with Gasteiger partial charge in [0.25, 0.3) is 0 Å². The second kappa shape index (κ2) is 7.03. The van der Waals surface area contributed by atoms with Crippen molar-refractivity contribution in [2.75, 3.05) is 21.3 Å². The van der Waals surface area contributed by atoms with Crippen LogP contribution >= 0.6 is 0 Å². The third-order valence-electron chi connectivity index (χ3n) is 3.05. The highest BCUT2D eigenvalue weighted by atomic mass is 16.7. The fourth-order valence-electron chi connectivity index (χ4n) is 1.96. The van der Waals surface area contributed by atoms with Crippen LogP contribution in [0.1, 0.15) is 19.3 Å². The van der Waals surface area contributed by atoms with Crippen molar-refractivity contribution >= 4 is 23.9 Å². The van der Waals surface area contributed by atoms with Crippen LogP contribution in [0.15, 0.2) is 11.1 Å². The molecule has 0 radical (unpaired) electrons. The van der Waals surface area contributed by atoms with Crippen LogP contribution in [0.3, 0.4) is 0 Å². The van der Waals surface area contributed by atoms with Crippen molar-refractivity contribution in [1.82, 2.24) is 0 Å². The molecule has 122 valence electrons. The number of ether oxygens (including phenoxy) is 4. The number of aliphatic hydroxyl groups is 1. The maximum atomic E-state index is 11.7. The van der Waals surface area contributed by atoms with Crippen molar-refractivity contribution in [3.63, 3.8) is 0 Å². The summed E-state index contributed by atoms with van der Waals surface area (Å²) in [6.45, 7) is 0. The Labute approximate surface area is 125 Å². The van der Waals surface area contributed by atoms with Crippen molar-refractivity contribution in [2.45, 2.75) is 25.0 Å². The van der Waals surface area contributed by atoms with Crippen LogP contribution in [-0.4, -0.2) is 56.1 Å². The van der Waals surface area contributed by atoms with Gasteiger partial charge in [-0.3, -0.25) is 9.59 Å². The molecule has 22 heavy (non-hydrogen) atoms. The van der Waals surface area contributed by atoms with Crippen molar-refractivity contribution in [1.29, 1.82) is 0 Å². The molecule has 1 saturated heterocycles. The number of carbonyl (C=O) groups is 4. The molecule has 1 fully saturated rings. The third kappa shape index (κ3) is 3.61. The molecule has 0 aromatic heterocycles. The summed E-state index contributed by atoms with van der Waals surface area (Å²) >= 11 is 0. The first-order chi connectivity index (χ1) is 10.3. The van der Waals surface area contributed by atoms with E-state index >= 15 is 0 Å². The summed E-state index contributed by atoms with van der Waals surface area (Å²) in [4.78, 5) is 46.1. The lowest BCUT2D eigenvalue weighted by molar-refractivity contribution is -0.183. The van der Waals surface area contributed by atoms with E-state index in [1.54, 1.807) is 0 Å². The quantitative estimate of drug-likeness (QED) is 0.228. The van der Waals surface area contributed by atoms with E-state index in [0.717, 1.165) is 21.3 Å². The van der Waals surface area contributed by atoms with E-state index in [4.69, 9.17) is 4.74 Å². The summed E-state index contributed by atoms with van der Waals surface area (Å²) in [6.07, 6.45) is -1.17. The molecule has 0 aliphatic carbocycles. The molecule has 9 heteroatoms. The van der Waals surface area contributed by atoms with E-state index in [1.807, 2.05) is 0 Å². The Bertz CT molecular complexity index is 516. The van der Waals surface area contributed by atoms with E-state index in [9.17, 15) is 24.3 Å². The number of hydrogen-bond acceptors (Lipinski definition) is 9. The van der Waals surface area contributed by atoms with Gasteiger partial charge in [-0.05, 0) is 0 Å². The van der Waals surface area contributed by atoms with Gasteiger partial charge in [0.1, 0.15) is 0 Å². The van der Waals surface area contributed by atoms with E-state index in [2.05, 4.69) is 14.2 Å². The minimum atomic E-state index is -2.27. The first kappa shape index (κ1) is 17.6. The lowest BCUT2D eigenvalue weighted by atomic mass is 9.95. The molecule has 1 aliphatic heterocycles. The molecule has 1 aliphatic rings. The summed E-state index contributed by atoms with van der Waals surface area (Å²) < 4.78 is 18.1. The van der Waals surface area contributed by atoms with Crippen LogP contribution in [0, 0.1) is 0 Å². The predicted octanol–water partition coefficient (Wildman–Crippen LogP) is -0.782. The number of hydrogen-bond donors (Lipinski definition) is 1. The smallest absolute Gasteiger partial charge is 0.345 e. The monoisotopic (exact) mass is 316 g/mol. The van der Waals surface area contributed by atoms with Crippen LogP contribution < -0.4 is 0 Å². The summed E-state index contributed by atoms with van der Waals surface area (Å²) in [6, 6.07) is 0. The maximum Gasteiger partial charge on any atom is 0.345 e. The first-order valence-electron chi connectivity index (χ1n) is 6.20. The lowest BCUT2D eigenvalue weighted by Gasteiger charge is -2.23. The normalized spacial score (nSPS) is 20.2. The summed E-state index contributed by atoms with van der Waals surface area (Å²) in [5.41, 5.74) is -0.941. The Balaban J connectivity index is 3.26. The molecule has 9 nitrogen and oxygen atoms in total. The highest BCUT2D eigenvalue weighted by Crippen LogP contribution is 2.37. The molecule has 1 N–H and O–H groups in total. The average Bonchev–Trinajstić information content (AvgIpc) is 2.79. The molecular formula is C13H16O9. The molecule has 0 bridgehead atoms. The zero-order valence-corrected chi connectivity index (χ0v) is 12.3. The standard InChI is InChI=1S/C13H16O9/c1-19-8(14)4-5-13(18)7(6-9(15)22-13)10(11(16)20-2)12(17)21-3/h18H,4-6H2,1-3H3. The van der Waals surface area contributed by atoms with Gasteiger partial charge in [0.15, 0.2) is 5.57 Å². The fraction of sp³-hybridized carbons (Fsp3) is 0.538.